The van der Waals surface area contributed by atoms with Crippen molar-refractivity contribution in [2.75, 3.05) is 20.3 Å². The molecule has 0 fully saturated rings. The summed E-state index contributed by atoms with van der Waals surface area (Å²) in [5.41, 5.74) is 0.184. The van der Waals surface area contributed by atoms with E-state index in [2.05, 4.69) is 33.0 Å². The van der Waals surface area contributed by atoms with Crippen LogP contribution < -0.4 is 5.32 Å². The molecule has 0 radical (unpaired) electrons. The minimum absolute atomic E-state index is 0.184. The maximum atomic E-state index is 10.8. The fraction of sp³-hybridized carbons (Fsp3) is 0.909. The zero-order valence-corrected chi connectivity index (χ0v) is 10.3. The first kappa shape index (κ1) is 14.4. The summed E-state index contributed by atoms with van der Waals surface area (Å²) in [5, 5.41) is 11.9. The van der Waals surface area contributed by atoms with Gasteiger partial charge in [0, 0.05) is 7.11 Å². The normalized spacial score (nSPS) is 16.1. The number of ether oxygens (including phenoxy) is 1. The summed E-state index contributed by atoms with van der Waals surface area (Å²) in [4.78, 5) is 10.8. The van der Waals surface area contributed by atoms with Crippen LogP contribution in [0.15, 0.2) is 0 Å². The van der Waals surface area contributed by atoms with Gasteiger partial charge >= 0.3 is 5.97 Å². The van der Waals surface area contributed by atoms with Crippen LogP contribution >= 0.6 is 0 Å². The summed E-state index contributed by atoms with van der Waals surface area (Å²) in [6.07, 6.45) is 0. The summed E-state index contributed by atoms with van der Waals surface area (Å²) in [7, 11) is 1.50. The number of rotatable bonds is 6. The average molecular weight is 217 g/mol. The Labute approximate surface area is 92.0 Å². The quantitative estimate of drug-likeness (QED) is 0.705. The molecule has 0 aliphatic heterocycles. The van der Waals surface area contributed by atoms with Crippen LogP contribution in [-0.2, 0) is 9.53 Å². The van der Waals surface area contributed by atoms with E-state index in [1.165, 1.54) is 7.11 Å². The van der Waals surface area contributed by atoms with Gasteiger partial charge in [0.05, 0.1) is 6.61 Å². The van der Waals surface area contributed by atoms with E-state index >= 15 is 0 Å². The topological polar surface area (TPSA) is 58.6 Å². The highest BCUT2D eigenvalue weighted by molar-refractivity contribution is 5.73. The van der Waals surface area contributed by atoms with Crippen LogP contribution in [0.25, 0.3) is 0 Å². The number of methoxy groups -OCH3 is 1. The van der Waals surface area contributed by atoms with Gasteiger partial charge in [-0.1, -0.05) is 27.7 Å². The molecule has 0 aromatic carbocycles. The molecular weight excluding hydrogens is 194 g/mol. The van der Waals surface area contributed by atoms with Crippen LogP contribution in [-0.4, -0.2) is 37.4 Å². The molecule has 0 aromatic rings. The van der Waals surface area contributed by atoms with Crippen LogP contribution in [0.5, 0.6) is 0 Å². The van der Waals surface area contributed by atoms with Crippen LogP contribution in [0.1, 0.15) is 27.7 Å². The summed E-state index contributed by atoms with van der Waals surface area (Å²) < 4.78 is 4.84. The molecule has 2 N–H and O–H groups in total. The fourth-order valence-electron chi connectivity index (χ4n) is 1.01. The van der Waals surface area contributed by atoms with Gasteiger partial charge in [-0.2, -0.15) is 0 Å². The molecule has 0 heterocycles. The molecule has 0 bridgehead atoms. The Balaban J connectivity index is 4.05. The van der Waals surface area contributed by atoms with Crippen molar-refractivity contribution in [2.45, 2.75) is 33.7 Å². The van der Waals surface area contributed by atoms with Gasteiger partial charge in [-0.05, 0) is 17.9 Å². The van der Waals surface area contributed by atoms with E-state index in [4.69, 9.17) is 9.84 Å². The highest BCUT2D eigenvalue weighted by atomic mass is 16.5. The van der Waals surface area contributed by atoms with E-state index in [1.807, 2.05) is 0 Å². The van der Waals surface area contributed by atoms with E-state index in [9.17, 15) is 4.79 Å². The van der Waals surface area contributed by atoms with Gasteiger partial charge in [-0.25, -0.2) is 0 Å². The van der Waals surface area contributed by atoms with E-state index < -0.39 is 12.0 Å². The van der Waals surface area contributed by atoms with Crippen molar-refractivity contribution in [1.82, 2.24) is 5.32 Å². The average Bonchev–Trinajstić information content (AvgIpc) is 2.09. The number of carboxylic acids is 1. The number of nitrogens with one attached hydrogen (secondary N) is 1. The van der Waals surface area contributed by atoms with Gasteiger partial charge in [0.1, 0.15) is 6.04 Å². The first-order valence-electron chi connectivity index (χ1n) is 5.24. The first-order valence-corrected chi connectivity index (χ1v) is 5.24. The second kappa shape index (κ2) is 6.08. The highest BCUT2D eigenvalue weighted by Crippen LogP contribution is 2.24. The third-order valence-corrected chi connectivity index (χ3v) is 2.78. The molecule has 4 nitrogen and oxygen atoms in total. The minimum atomic E-state index is -0.863. The lowest BCUT2D eigenvalue weighted by atomic mass is 9.82. The number of aliphatic carboxylic acids is 1. The summed E-state index contributed by atoms with van der Waals surface area (Å²) in [6, 6.07) is -0.611. The van der Waals surface area contributed by atoms with Crippen LogP contribution in [0, 0.1) is 11.3 Å². The number of hydrogen-bond acceptors (Lipinski definition) is 3. The van der Waals surface area contributed by atoms with Crippen LogP contribution in [0.4, 0.5) is 0 Å². The van der Waals surface area contributed by atoms with Crippen LogP contribution in [0.3, 0.4) is 0 Å². The van der Waals surface area contributed by atoms with Crippen molar-refractivity contribution in [1.29, 1.82) is 0 Å². The lowest BCUT2D eigenvalue weighted by Crippen LogP contribution is -2.44. The van der Waals surface area contributed by atoms with E-state index in [-0.39, 0.29) is 12.0 Å². The molecule has 4 heteroatoms. The van der Waals surface area contributed by atoms with Gasteiger partial charge < -0.3 is 15.2 Å². The van der Waals surface area contributed by atoms with Crippen molar-refractivity contribution in [3.05, 3.63) is 0 Å². The lowest BCUT2D eigenvalue weighted by Gasteiger charge is -2.28. The van der Waals surface area contributed by atoms with E-state index in [1.54, 1.807) is 0 Å². The minimum Gasteiger partial charge on any atom is -0.480 e. The number of carboxylic acid groups (broad SMARTS) is 1. The Morgan fingerprint density at radius 1 is 1.47 bits per heavy atom. The van der Waals surface area contributed by atoms with Crippen LogP contribution in [0.2, 0.25) is 0 Å². The summed E-state index contributed by atoms with van der Waals surface area (Å²) >= 11 is 0. The molecule has 0 rings (SSSR count). The molecule has 0 saturated carbocycles. The standard InChI is InChI=1S/C11H23NO3/c1-8(11(2,3)4)6-12-9(7-15-5)10(13)14/h8-9,12H,6-7H2,1-5H3,(H,13,14). The molecule has 2 atom stereocenters. The maximum absolute atomic E-state index is 10.8. The van der Waals surface area contributed by atoms with Crippen molar-refractivity contribution < 1.29 is 14.6 Å². The molecule has 90 valence electrons. The Bertz CT molecular complexity index is 198. The zero-order valence-electron chi connectivity index (χ0n) is 10.3. The predicted molar refractivity (Wildman–Crippen MR) is 59.9 cm³/mol. The van der Waals surface area contributed by atoms with Gasteiger partial charge in [0.15, 0.2) is 0 Å². The molecule has 0 spiro atoms. The number of hydrogen-bond donors (Lipinski definition) is 2. The summed E-state index contributed by atoms with van der Waals surface area (Å²) in [6.45, 7) is 9.43. The fourth-order valence-corrected chi connectivity index (χ4v) is 1.01. The smallest absolute Gasteiger partial charge is 0.323 e. The lowest BCUT2D eigenvalue weighted by molar-refractivity contribution is -0.140. The molecule has 0 saturated heterocycles. The zero-order chi connectivity index (χ0) is 12.1. The molecule has 0 aliphatic carbocycles. The maximum Gasteiger partial charge on any atom is 0.323 e. The highest BCUT2D eigenvalue weighted by Gasteiger charge is 2.23. The SMILES string of the molecule is COCC(NCC(C)C(C)(C)C)C(=O)O. The van der Waals surface area contributed by atoms with E-state index in [0.29, 0.717) is 12.5 Å². The third-order valence-electron chi connectivity index (χ3n) is 2.78. The predicted octanol–water partition coefficient (Wildman–Crippen LogP) is 1.36. The molecule has 0 amide bonds. The second-order valence-electron chi connectivity index (χ2n) is 5.02. The third kappa shape index (κ3) is 5.74. The largest absolute Gasteiger partial charge is 0.480 e. The molecule has 0 aromatic heterocycles. The van der Waals surface area contributed by atoms with Crippen molar-refractivity contribution in [3.8, 4) is 0 Å². The van der Waals surface area contributed by atoms with Gasteiger partial charge in [-0.15, -0.1) is 0 Å². The molecule has 0 aliphatic rings. The Morgan fingerprint density at radius 3 is 2.33 bits per heavy atom. The van der Waals surface area contributed by atoms with Crippen molar-refractivity contribution >= 4 is 5.97 Å². The Kier molecular flexibility index (Phi) is 5.83. The Hall–Kier alpha value is -0.610. The van der Waals surface area contributed by atoms with Gasteiger partial charge in [0.25, 0.3) is 0 Å². The summed E-state index contributed by atoms with van der Waals surface area (Å²) in [5.74, 6) is -0.450. The van der Waals surface area contributed by atoms with Gasteiger partial charge in [0.2, 0.25) is 0 Å². The Morgan fingerprint density at radius 2 is 2.00 bits per heavy atom. The van der Waals surface area contributed by atoms with Gasteiger partial charge in [-0.3, -0.25) is 4.79 Å². The molecule has 2 unspecified atom stereocenters. The van der Waals surface area contributed by atoms with Crippen molar-refractivity contribution in [2.24, 2.45) is 11.3 Å². The monoisotopic (exact) mass is 217 g/mol. The molecule has 15 heavy (non-hydrogen) atoms. The van der Waals surface area contributed by atoms with Crippen molar-refractivity contribution in [3.63, 3.8) is 0 Å². The second-order valence-corrected chi connectivity index (χ2v) is 5.02. The molecular formula is C11H23NO3. The number of carbonyl (C=O) groups is 1. The van der Waals surface area contributed by atoms with E-state index in [0.717, 1.165) is 0 Å². The first-order chi connectivity index (χ1) is 6.79.